The summed E-state index contributed by atoms with van der Waals surface area (Å²) in [6.45, 7) is 3.99. The molecule has 1 atom stereocenters. The van der Waals surface area contributed by atoms with Crippen LogP contribution in [0.3, 0.4) is 0 Å². The van der Waals surface area contributed by atoms with E-state index in [0.717, 1.165) is 29.8 Å². The molecule has 0 saturated heterocycles. The molecule has 6 nitrogen and oxygen atoms in total. The van der Waals surface area contributed by atoms with E-state index >= 15 is 0 Å². The largest absolute Gasteiger partial charge is 0.344 e. The first-order valence-electron chi connectivity index (χ1n) is 9.14. The average Bonchev–Trinajstić information content (AvgIpc) is 2.71. The summed E-state index contributed by atoms with van der Waals surface area (Å²) in [6, 6.07) is 10.7. The third-order valence-corrected chi connectivity index (χ3v) is 4.51. The smallest absolute Gasteiger partial charge is 0.270 e. The molecule has 3 aromatic rings. The van der Waals surface area contributed by atoms with Crippen LogP contribution in [0.25, 0.3) is 0 Å². The Bertz CT molecular complexity index is 936. The van der Waals surface area contributed by atoms with Crippen LogP contribution < -0.4 is 10.6 Å². The van der Waals surface area contributed by atoms with Gasteiger partial charge in [-0.3, -0.25) is 14.8 Å². The fourth-order valence-corrected chi connectivity index (χ4v) is 2.98. The third-order valence-electron chi connectivity index (χ3n) is 4.22. The topological polar surface area (TPSA) is 79.8 Å². The first kappa shape index (κ1) is 22.6. The number of halogens is 2. The SMILES string of the molecule is CCC[C@@H](NC(=O)c1ccccn1)c1cnc(Nc2ccc(C)nc2)c(Cl)c1.Cl. The molecular weight excluding hydrogens is 409 g/mol. The predicted octanol–water partition coefficient (Wildman–Crippen LogP) is 5.27. The summed E-state index contributed by atoms with van der Waals surface area (Å²) in [6.07, 6.45) is 6.73. The standard InChI is InChI=1S/C21H22ClN5O.ClH/c1-3-6-18(27-21(28)19-7-4-5-10-23-19)15-11-17(22)20(25-12-15)26-16-9-8-14(2)24-13-16;/h4-5,7-13,18H,3,6H2,1-2H3,(H,25,26)(H,27,28);1H/t18-;/m1./s1. The van der Waals surface area contributed by atoms with Crippen molar-refractivity contribution in [3.05, 3.63) is 77.0 Å². The Morgan fingerprint density at radius 1 is 1.14 bits per heavy atom. The zero-order valence-corrected chi connectivity index (χ0v) is 17.8. The Kier molecular flexibility index (Phi) is 8.36. The lowest BCUT2D eigenvalue weighted by Crippen LogP contribution is -2.29. The fourth-order valence-electron chi connectivity index (χ4n) is 2.75. The van der Waals surface area contributed by atoms with Crippen molar-refractivity contribution in [2.45, 2.75) is 32.7 Å². The normalized spacial score (nSPS) is 11.3. The lowest BCUT2D eigenvalue weighted by Gasteiger charge is -2.19. The van der Waals surface area contributed by atoms with Gasteiger partial charge in [0.2, 0.25) is 0 Å². The first-order valence-corrected chi connectivity index (χ1v) is 9.51. The third kappa shape index (κ3) is 6.14. The van der Waals surface area contributed by atoms with Crippen LogP contribution in [-0.4, -0.2) is 20.9 Å². The van der Waals surface area contributed by atoms with Gasteiger partial charge in [-0.15, -0.1) is 12.4 Å². The molecule has 0 aliphatic heterocycles. The first-order chi connectivity index (χ1) is 13.6. The molecule has 0 unspecified atom stereocenters. The molecule has 8 heteroatoms. The van der Waals surface area contributed by atoms with Crippen LogP contribution in [0.1, 0.15) is 47.6 Å². The monoisotopic (exact) mass is 431 g/mol. The second kappa shape index (κ2) is 10.7. The Hall–Kier alpha value is -2.70. The van der Waals surface area contributed by atoms with E-state index in [-0.39, 0.29) is 24.4 Å². The summed E-state index contributed by atoms with van der Waals surface area (Å²) in [5.74, 6) is 0.325. The highest BCUT2D eigenvalue weighted by molar-refractivity contribution is 6.33. The summed E-state index contributed by atoms with van der Waals surface area (Å²) < 4.78 is 0. The van der Waals surface area contributed by atoms with Gasteiger partial charge in [-0.2, -0.15) is 0 Å². The van der Waals surface area contributed by atoms with Gasteiger partial charge in [0.05, 0.1) is 22.9 Å². The van der Waals surface area contributed by atoms with Crippen molar-refractivity contribution < 1.29 is 4.79 Å². The van der Waals surface area contributed by atoms with Gasteiger partial charge in [0.15, 0.2) is 0 Å². The molecule has 152 valence electrons. The van der Waals surface area contributed by atoms with Crippen molar-refractivity contribution in [2.24, 2.45) is 0 Å². The summed E-state index contributed by atoms with van der Waals surface area (Å²) >= 11 is 6.44. The molecule has 0 aliphatic carbocycles. The maximum Gasteiger partial charge on any atom is 0.270 e. The number of aryl methyl sites for hydroxylation is 1. The molecule has 0 fully saturated rings. The highest BCUT2D eigenvalue weighted by Gasteiger charge is 2.17. The number of aromatic nitrogens is 3. The van der Waals surface area contributed by atoms with Crippen molar-refractivity contribution in [3.8, 4) is 0 Å². The predicted molar refractivity (Wildman–Crippen MR) is 118 cm³/mol. The Labute approximate surface area is 181 Å². The van der Waals surface area contributed by atoms with Gasteiger partial charge >= 0.3 is 0 Å². The number of carbonyl (C=O) groups excluding carboxylic acids is 1. The Balaban J connectivity index is 0.00000300. The van der Waals surface area contributed by atoms with E-state index in [2.05, 4.69) is 32.5 Å². The fraction of sp³-hybridized carbons (Fsp3) is 0.238. The van der Waals surface area contributed by atoms with Crippen LogP contribution in [0, 0.1) is 6.92 Å². The van der Waals surface area contributed by atoms with Crippen LogP contribution >= 0.6 is 24.0 Å². The van der Waals surface area contributed by atoms with Gasteiger partial charge in [0.25, 0.3) is 5.91 Å². The molecule has 3 heterocycles. The minimum Gasteiger partial charge on any atom is -0.344 e. The van der Waals surface area contributed by atoms with E-state index in [9.17, 15) is 4.79 Å². The molecule has 0 radical (unpaired) electrons. The zero-order chi connectivity index (χ0) is 19.9. The number of hydrogen-bond donors (Lipinski definition) is 2. The molecule has 0 saturated carbocycles. The van der Waals surface area contributed by atoms with E-state index in [1.54, 1.807) is 36.8 Å². The molecule has 3 aromatic heterocycles. The van der Waals surface area contributed by atoms with E-state index in [1.807, 2.05) is 25.1 Å². The Morgan fingerprint density at radius 2 is 1.97 bits per heavy atom. The van der Waals surface area contributed by atoms with Gasteiger partial charge < -0.3 is 10.6 Å². The van der Waals surface area contributed by atoms with E-state index < -0.39 is 0 Å². The number of amides is 1. The zero-order valence-electron chi connectivity index (χ0n) is 16.2. The molecule has 3 rings (SSSR count). The lowest BCUT2D eigenvalue weighted by molar-refractivity contribution is 0.0929. The van der Waals surface area contributed by atoms with E-state index in [4.69, 9.17) is 11.6 Å². The molecular formula is C21H23Cl2N5O. The van der Waals surface area contributed by atoms with E-state index in [0.29, 0.717) is 16.5 Å². The number of rotatable bonds is 7. The minimum atomic E-state index is -0.219. The molecule has 2 N–H and O–H groups in total. The summed E-state index contributed by atoms with van der Waals surface area (Å²) in [4.78, 5) is 25.3. The molecule has 0 aliphatic rings. The minimum absolute atomic E-state index is 0. The maximum absolute atomic E-state index is 12.5. The molecule has 0 bridgehead atoms. The van der Waals surface area contributed by atoms with Gasteiger partial charge in [0, 0.05) is 18.1 Å². The van der Waals surface area contributed by atoms with E-state index in [1.165, 1.54) is 0 Å². The van der Waals surface area contributed by atoms with Crippen LogP contribution in [0.2, 0.25) is 5.02 Å². The van der Waals surface area contributed by atoms with Gasteiger partial charge in [0.1, 0.15) is 11.5 Å². The van der Waals surface area contributed by atoms with Crippen molar-refractivity contribution in [1.82, 2.24) is 20.3 Å². The van der Waals surface area contributed by atoms with Gasteiger partial charge in [-0.1, -0.05) is 31.0 Å². The number of anilines is 2. The van der Waals surface area contributed by atoms with Crippen molar-refractivity contribution in [3.63, 3.8) is 0 Å². The van der Waals surface area contributed by atoms with Gasteiger partial charge in [-0.25, -0.2) is 4.98 Å². The molecule has 1 amide bonds. The number of nitrogens with one attached hydrogen (secondary N) is 2. The number of carbonyl (C=O) groups is 1. The number of pyridine rings is 3. The van der Waals surface area contributed by atoms with Crippen LogP contribution in [0.5, 0.6) is 0 Å². The van der Waals surface area contributed by atoms with Crippen LogP contribution in [0.4, 0.5) is 11.5 Å². The highest BCUT2D eigenvalue weighted by Crippen LogP contribution is 2.28. The van der Waals surface area contributed by atoms with Crippen molar-refractivity contribution in [1.29, 1.82) is 0 Å². The molecule has 0 spiro atoms. The highest BCUT2D eigenvalue weighted by atomic mass is 35.5. The summed E-state index contributed by atoms with van der Waals surface area (Å²) in [5.41, 5.74) is 2.98. The van der Waals surface area contributed by atoms with Crippen molar-refractivity contribution >= 4 is 41.4 Å². The second-order valence-corrected chi connectivity index (χ2v) is 6.85. The maximum atomic E-state index is 12.5. The average molecular weight is 432 g/mol. The summed E-state index contributed by atoms with van der Waals surface area (Å²) in [5, 5.41) is 6.66. The molecule has 0 aromatic carbocycles. The number of nitrogens with zero attached hydrogens (tertiary/aromatic N) is 3. The lowest BCUT2D eigenvalue weighted by atomic mass is 10.0. The van der Waals surface area contributed by atoms with Gasteiger partial charge in [-0.05, 0) is 49.2 Å². The number of hydrogen-bond acceptors (Lipinski definition) is 5. The quantitative estimate of drug-likeness (QED) is 0.532. The Morgan fingerprint density at radius 3 is 2.59 bits per heavy atom. The van der Waals surface area contributed by atoms with Crippen molar-refractivity contribution in [2.75, 3.05) is 5.32 Å². The van der Waals surface area contributed by atoms with Crippen LogP contribution in [-0.2, 0) is 0 Å². The molecule has 29 heavy (non-hydrogen) atoms. The second-order valence-electron chi connectivity index (χ2n) is 6.44. The summed E-state index contributed by atoms with van der Waals surface area (Å²) in [7, 11) is 0. The van der Waals surface area contributed by atoms with Crippen LogP contribution in [0.15, 0.2) is 55.0 Å².